The van der Waals surface area contributed by atoms with Gasteiger partial charge in [-0.3, -0.25) is 0 Å². The summed E-state index contributed by atoms with van der Waals surface area (Å²) in [6, 6.07) is 7.64. The molecule has 0 aliphatic heterocycles. The van der Waals surface area contributed by atoms with Crippen molar-refractivity contribution in [1.82, 2.24) is 9.97 Å². The van der Waals surface area contributed by atoms with Gasteiger partial charge in [-0.2, -0.15) is 0 Å². The molecule has 0 saturated heterocycles. The highest BCUT2D eigenvalue weighted by Crippen LogP contribution is 2.25. The third kappa shape index (κ3) is 3.21. The molecule has 94 valence electrons. The number of hydrogen-bond acceptors (Lipinski definition) is 3. The van der Waals surface area contributed by atoms with Gasteiger partial charge in [0.1, 0.15) is 10.9 Å². The Morgan fingerprint density at radius 1 is 1.33 bits per heavy atom. The van der Waals surface area contributed by atoms with E-state index in [9.17, 15) is 0 Å². The molecule has 1 heterocycles. The van der Waals surface area contributed by atoms with Gasteiger partial charge in [0.25, 0.3) is 0 Å². The van der Waals surface area contributed by atoms with Crippen LogP contribution >= 0.6 is 27.5 Å². The Balaban J connectivity index is 2.35. The molecule has 18 heavy (non-hydrogen) atoms. The summed E-state index contributed by atoms with van der Waals surface area (Å²) in [6.07, 6.45) is 1.77. The first-order valence-electron chi connectivity index (χ1n) is 5.51. The van der Waals surface area contributed by atoms with Crippen LogP contribution in [0.2, 0.25) is 5.15 Å². The minimum atomic E-state index is 0.134. The second kappa shape index (κ2) is 5.67. The van der Waals surface area contributed by atoms with Crippen LogP contribution in [0.5, 0.6) is 5.75 Å². The van der Waals surface area contributed by atoms with Crippen molar-refractivity contribution < 1.29 is 4.74 Å². The molecule has 5 heteroatoms. The minimum absolute atomic E-state index is 0.134. The Kier molecular flexibility index (Phi) is 4.19. The molecule has 0 amide bonds. The summed E-state index contributed by atoms with van der Waals surface area (Å²) in [5.41, 5.74) is 0.877. The zero-order chi connectivity index (χ0) is 13.1. The molecule has 0 bridgehead atoms. The number of ether oxygens (including phenoxy) is 1. The van der Waals surface area contributed by atoms with Crippen molar-refractivity contribution >= 4 is 27.5 Å². The van der Waals surface area contributed by atoms with E-state index in [1.54, 1.807) is 6.20 Å². The lowest BCUT2D eigenvalue weighted by atomic mass is 10.2. The van der Waals surface area contributed by atoms with Gasteiger partial charge in [-0.25, -0.2) is 9.97 Å². The van der Waals surface area contributed by atoms with E-state index in [0.29, 0.717) is 15.5 Å². The van der Waals surface area contributed by atoms with E-state index in [2.05, 4.69) is 25.9 Å². The Hall–Kier alpha value is -1.13. The van der Waals surface area contributed by atoms with Crippen molar-refractivity contribution in [2.75, 3.05) is 0 Å². The molecule has 0 unspecified atom stereocenters. The third-order valence-corrected chi connectivity index (χ3v) is 3.26. The van der Waals surface area contributed by atoms with Crippen molar-refractivity contribution in [3.63, 3.8) is 0 Å². The van der Waals surface area contributed by atoms with Crippen molar-refractivity contribution in [3.8, 4) is 17.1 Å². The summed E-state index contributed by atoms with van der Waals surface area (Å²) < 4.78 is 6.32. The lowest BCUT2D eigenvalue weighted by Gasteiger charge is -2.10. The molecule has 0 radical (unpaired) electrons. The number of nitrogens with zero attached hydrogens (tertiary/aromatic N) is 2. The lowest BCUT2D eigenvalue weighted by molar-refractivity contribution is 0.242. The fourth-order valence-corrected chi connectivity index (χ4v) is 1.79. The van der Waals surface area contributed by atoms with Crippen molar-refractivity contribution in [2.24, 2.45) is 0 Å². The van der Waals surface area contributed by atoms with Crippen molar-refractivity contribution in [3.05, 3.63) is 40.1 Å². The molecule has 2 aromatic rings. The SMILES string of the molecule is CC(C)Oc1cccc(-c2ncc(Br)c(Cl)n2)c1. The van der Waals surface area contributed by atoms with Gasteiger partial charge in [0.2, 0.25) is 0 Å². The average Bonchev–Trinajstić information content (AvgIpc) is 2.32. The summed E-state index contributed by atoms with van der Waals surface area (Å²) in [4.78, 5) is 8.45. The van der Waals surface area contributed by atoms with E-state index in [-0.39, 0.29) is 6.10 Å². The Bertz CT molecular complexity index is 560. The lowest BCUT2D eigenvalue weighted by Crippen LogP contribution is -2.05. The second-order valence-corrected chi connectivity index (χ2v) is 5.24. The van der Waals surface area contributed by atoms with Gasteiger partial charge in [0.05, 0.1) is 10.6 Å². The molecule has 0 atom stereocenters. The van der Waals surface area contributed by atoms with Gasteiger partial charge < -0.3 is 4.74 Å². The van der Waals surface area contributed by atoms with Gasteiger partial charge in [-0.05, 0) is 41.9 Å². The largest absolute Gasteiger partial charge is 0.491 e. The second-order valence-electron chi connectivity index (χ2n) is 4.03. The van der Waals surface area contributed by atoms with Gasteiger partial charge >= 0.3 is 0 Å². The van der Waals surface area contributed by atoms with Crippen LogP contribution in [0.15, 0.2) is 34.9 Å². The molecule has 0 spiro atoms. The maximum Gasteiger partial charge on any atom is 0.161 e. The quantitative estimate of drug-likeness (QED) is 0.786. The highest BCUT2D eigenvalue weighted by atomic mass is 79.9. The Morgan fingerprint density at radius 2 is 2.11 bits per heavy atom. The normalized spacial score (nSPS) is 10.7. The molecule has 1 aromatic carbocycles. The highest BCUT2D eigenvalue weighted by molar-refractivity contribution is 9.10. The maximum atomic E-state index is 5.96. The van der Waals surface area contributed by atoms with Gasteiger partial charge in [-0.1, -0.05) is 23.7 Å². The zero-order valence-corrected chi connectivity index (χ0v) is 12.4. The van der Waals surface area contributed by atoms with Crippen LogP contribution in [-0.4, -0.2) is 16.1 Å². The summed E-state index contributed by atoms with van der Waals surface area (Å²) in [5.74, 6) is 1.38. The predicted molar refractivity (Wildman–Crippen MR) is 75.9 cm³/mol. The van der Waals surface area contributed by atoms with E-state index in [4.69, 9.17) is 16.3 Å². The molecule has 0 fully saturated rings. The van der Waals surface area contributed by atoms with Crippen LogP contribution in [0, 0.1) is 0 Å². The van der Waals surface area contributed by atoms with Gasteiger partial charge in [0, 0.05) is 11.8 Å². The molecule has 0 saturated carbocycles. The van der Waals surface area contributed by atoms with Crippen LogP contribution < -0.4 is 4.74 Å². The summed E-state index contributed by atoms with van der Waals surface area (Å²) in [7, 11) is 0. The first kappa shape index (κ1) is 13.3. The van der Waals surface area contributed by atoms with Crippen LogP contribution in [0.4, 0.5) is 0 Å². The molecule has 0 aliphatic carbocycles. The molecule has 0 N–H and O–H groups in total. The first-order valence-corrected chi connectivity index (χ1v) is 6.68. The first-order chi connectivity index (χ1) is 8.56. The summed E-state index contributed by atoms with van der Waals surface area (Å²) >= 11 is 9.23. The van der Waals surface area contributed by atoms with Crippen molar-refractivity contribution in [1.29, 1.82) is 0 Å². The van der Waals surface area contributed by atoms with E-state index in [1.807, 2.05) is 38.1 Å². The van der Waals surface area contributed by atoms with E-state index >= 15 is 0 Å². The smallest absolute Gasteiger partial charge is 0.161 e. The molecule has 2 rings (SSSR count). The highest BCUT2D eigenvalue weighted by Gasteiger charge is 2.07. The average molecular weight is 328 g/mol. The Labute approximate surface area is 119 Å². The minimum Gasteiger partial charge on any atom is -0.491 e. The van der Waals surface area contributed by atoms with E-state index < -0.39 is 0 Å². The van der Waals surface area contributed by atoms with Crippen molar-refractivity contribution in [2.45, 2.75) is 20.0 Å². The third-order valence-electron chi connectivity index (χ3n) is 2.17. The van der Waals surface area contributed by atoms with Crippen LogP contribution in [0.3, 0.4) is 0 Å². The van der Waals surface area contributed by atoms with Gasteiger partial charge in [0.15, 0.2) is 5.82 Å². The number of halogens is 2. The van der Waals surface area contributed by atoms with Crippen LogP contribution in [-0.2, 0) is 0 Å². The predicted octanol–water partition coefficient (Wildman–Crippen LogP) is 4.35. The molecule has 3 nitrogen and oxygen atoms in total. The maximum absolute atomic E-state index is 5.96. The summed E-state index contributed by atoms with van der Waals surface area (Å²) in [6.45, 7) is 3.97. The molecular weight excluding hydrogens is 316 g/mol. The topological polar surface area (TPSA) is 35.0 Å². The molecular formula is C13H12BrClN2O. The standard InChI is InChI=1S/C13H12BrClN2O/c1-8(2)18-10-5-3-4-9(6-10)13-16-7-11(14)12(15)17-13/h3-8H,1-2H3. The van der Waals surface area contributed by atoms with Crippen LogP contribution in [0.1, 0.15) is 13.8 Å². The number of aromatic nitrogens is 2. The Morgan fingerprint density at radius 3 is 2.78 bits per heavy atom. The summed E-state index contributed by atoms with van der Waals surface area (Å²) in [5, 5.41) is 0.398. The fourth-order valence-electron chi connectivity index (χ4n) is 1.47. The number of hydrogen-bond donors (Lipinski definition) is 0. The molecule has 0 aliphatic rings. The van der Waals surface area contributed by atoms with Gasteiger partial charge in [-0.15, -0.1) is 0 Å². The van der Waals surface area contributed by atoms with E-state index in [1.165, 1.54) is 0 Å². The zero-order valence-electron chi connectivity index (χ0n) is 10.0. The van der Waals surface area contributed by atoms with E-state index in [0.717, 1.165) is 11.3 Å². The fraction of sp³-hybridized carbons (Fsp3) is 0.231. The number of benzene rings is 1. The molecule has 1 aromatic heterocycles. The van der Waals surface area contributed by atoms with Crippen LogP contribution in [0.25, 0.3) is 11.4 Å². The number of rotatable bonds is 3. The monoisotopic (exact) mass is 326 g/mol.